The minimum Gasteiger partial charge on any atom is -0.394 e. The predicted molar refractivity (Wildman–Crippen MR) is 176 cm³/mol. The Hall–Kier alpha value is -1.70. The quantitative estimate of drug-likeness (QED) is 0.0569. The molecule has 3 fully saturated rings. The van der Waals surface area contributed by atoms with E-state index in [1.165, 1.54) is 0 Å². The fourth-order valence-corrected chi connectivity index (χ4v) is 5.24. The maximum atomic E-state index is 11.0. The van der Waals surface area contributed by atoms with Crippen molar-refractivity contribution in [2.75, 3.05) is 46.2 Å². The van der Waals surface area contributed by atoms with Gasteiger partial charge in [0.25, 0.3) is 0 Å². The van der Waals surface area contributed by atoms with Crippen LogP contribution in [0.1, 0.15) is 0 Å². The summed E-state index contributed by atoms with van der Waals surface area (Å²) in [6.45, 7) is -5.49. The van der Waals surface area contributed by atoms with Crippen LogP contribution in [0.3, 0.4) is 0 Å². The molecule has 3 aliphatic heterocycles. The van der Waals surface area contributed by atoms with E-state index in [2.05, 4.69) is 0 Å². The van der Waals surface area contributed by atoms with E-state index < -0.39 is 180 Å². The first-order valence-corrected chi connectivity index (χ1v) is 17.2. The van der Waals surface area contributed by atoms with E-state index in [0.717, 1.165) is 0 Å². The number of aliphatic hydroxyl groups excluding tert-OH is 21. The average Bonchev–Trinajstić information content (AvgIpc) is 3.48. The second-order valence-electron chi connectivity index (χ2n) is 13.1. The van der Waals surface area contributed by atoms with Gasteiger partial charge in [0.2, 0.25) is 5.79 Å². The van der Waals surface area contributed by atoms with E-state index in [1.807, 2.05) is 0 Å². The second kappa shape index (κ2) is 25.3. The van der Waals surface area contributed by atoms with E-state index in [-0.39, 0.29) is 6.29 Å². The summed E-state index contributed by atoms with van der Waals surface area (Å²) in [5.74, 6) is -3.33. The lowest BCUT2D eigenvalue weighted by atomic mass is 9.99. The van der Waals surface area contributed by atoms with E-state index in [1.54, 1.807) is 0 Å². The van der Waals surface area contributed by atoms with Crippen molar-refractivity contribution in [3.05, 3.63) is 0 Å². The number of carbonyl (C=O) groups is 2. The smallest absolute Gasteiger partial charge is 0.224 e. The van der Waals surface area contributed by atoms with Crippen molar-refractivity contribution in [2.24, 2.45) is 0 Å². The molecule has 28 nitrogen and oxygen atoms in total. The highest BCUT2D eigenvalue weighted by atomic mass is 16.8. The number of hydrogen-bond acceptors (Lipinski definition) is 28. The van der Waals surface area contributed by atoms with Gasteiger partial charge in [0.1, 0.15) is 123 Å². The number of aliphatic hydroxyl groups is 21. The van der Waals surface area contributed by atoms with Crippen molar-refractivity contribution in [2.45, 2.75) is 128 Å². The third kappa shape index (κ3) is 13.7. The summed E-state index contributed by atoms with van der Waals surface area (Å²) in [5.41, 5.74) is 0. The molecule has 0 spiro atoms. The Balaban J connectivity index is 0.000000459. The lowest BCUT2D eigenvalue weighted by molar-refractivity contribution is -0.383. The van der Waals surface area contributed by atoms with E-state index >= 15 is 0 Å². The van der Waals surface area contributed by atoms with E-state index in [4.69, 9.17) is 69.6 Å². The summed E-state index contributed by atoms with van der Waals surface area (Å²) in [5, 5.41) is 195. The number of ketones is 1. The molecule has 0 amide bonds. The van der Waals surface area contributed by atoms with Crippen LogP contribution in [-0.2, 0) is 33.3 Å². The van der Waals surface area contributed by atoms with Crippen molar-refractivity contribution < 1.29 is 141 Å². The van der Waals surface area contributed by atoms with E-state index in [0.29, 0.717) is 0 Å². The lowest BCUT2D eigenvalue weighted by Gasteiger charge is -2.43. The molecule has 344 valence electrons. The van der Waals surface area contributed by atoms with Gasteiger partial charge in [-0.1, -0.05) is 0 Å². The van der Waals surface area contributed by atoms with Crippen LogP contribution in [0.4, 0.5) is 0 Å². The summed E-state index contributed by atoms with van der Waals surface area (Å²) in [4.78, 5) is 20.9. The van der Waals surface area contributed by atoms with Crippen molar-refractivity contribution in [1.82, 2.24) is 0 Å². The molecule has 0 aromatic carbocycles. The van der Waals surface area contributed by atoms with Crippen molar-refractivity contribution in [1.29, 1.82) is 0 Å². The maximum absolute atomic E-state index is 11.0. The zero-order valence-corrected chi connectivity index (χ0v) is 30.3. The Kier molecular flexibility index (Phi) is 23.7. The van der Waals surface area contributed by atoms with Crippen LogP contribution in [0.2, 0.25) is 0 Å². The van der Waals surface area contributed by atoms with Crippen LogP contribution >= 0.6 is 0 Å². The topological polar surface area (TPSA) is 505 Å². The highest BCUT2D eigenvalue weighted by Crippen LogP contribution is 2.36. The Labute approximate surface area is 327 Å². The molecule has 21 N–H and O–H groups in total. The standard InChI is InChI=1S/2C12H22O11.C6H12O6/c13-1-4-6(16)8(18)9(19)11(21-4)23-12(3-15)10(20)7(17)5(2-14)22-12;13-1-4(15)7(17)8(18)5(16)3-22-12-11(21)10(20)9(19)6(2-14)23-12;7-1-3(9)5(11)6(12)4(10)2-8/h4-11,13-20H,1-3H2;5-14,16-21H,1-3H2;1,3-6,8-12H,2H2/t4-,5-,6-,7-,8+,9-,10+,11-,12+;5-,6-,7-,8-,9-,10+,11-,12+;3-,4+,5+,6+/m110/s1. The van der Waals surface area contributed by atoms with Crippen molar-refractivity contribution >= 4 is 12.1 Å². The zero-order chi connectivity index (χ0) is 44.8. The molecular weight excluding hydrogens is 808 g/mol. The van der Waals surface area contributed by atoms with Gasteiger partial charge in [-0.2, -0.15) is 0 Å². The van der Waals surface area contributed by atoms with Gasteiger partial charge in [-0.15, -0.1) is 0 Å². The highest BCUT2D eigenvalue weighted by Gasteiger charge is 2.58. The molecule has 0 aliphatic carbocycles. The molecule has 21 atom stereocenters. The van der Waals surface area contributed by atoms with Gasteiger partial charge < -0.3 is 136 Å². The number of hydrogen-bond donors (Lipinski definition) is 21. The second-order valence-corrected chi connectivity index (χ2v) is 13.1. The van der Waals surface area contributed by atoms with Gasteiger partial charge in [0.05, 0.1) is 33.0 Å². The fourth-order valence-electron chi connectivity index (χ4n) is 5.24. The molecule has 3 aliphatic rings. The first-order valence-electron chi connectivity index (χ1n) is 17.2. The summed E-state index contributed by atoms with van der Waals surface area (Å²) >= 11 is 0. The minimum absolute atomic E-state index is 0.0258. The lowest BCUT2D eigenvalue weighted by Crippen LogP contribution is -2.62. The zero-order valence-electron chi connectivity index (χ0n) is 30.3. The van der Waals surface area contributed by atoms with Crippen LogP contribution < -0.4 is 0 Å². The summed E-state index contributed by atoms with van der Waals surface area (Å²) in [6.07, 6.45) is -32.9. The van der Waals surface area contributed by atoms with E-state index in [9.17, 15) is 70.9 Å². The highest BCUT2D eigenvalue weighted by molar-refractivity contribution is 5.84. The normalized spacial score (nSPS) is 38.7. The number of ether oxygens (including phenoxy) is 5. The maximum Gasteiger partial charge on any atom is 0.224 e. The van der Waals surface area contributed by atoms with Gasteiger partial charge in [-0.05, 0) is 0 Å². The molecule has 58 heavy (non-hydrogen) atoms. The van der Waals surface area contributed by atoms with Gasteiger partial charge in [0.15, 0.2) is 24.6 Å². The summed E-state index contributed by atoms with van der Waals surface area (Å²) in [6, 6.07) is 0. The molecule has 0 unspecified atom stereocenters. The van der Waals surface area contributed by atoms with Crippen LogP contribution in [0.25, 0.3) is 0 Å². The van der Waals surface area contributed by atoms with Crippen LogP contribution in [0.5, 0.6) is 0 Å². The first-order chi connectivity index (χ1) is 27.1. The number of Topliss-reactive ketones (excluding diaryl/α,β-unsaturated/α-hetero) is 1. The van der Waals surface area contributed by atoms with Crippen LogP contribution in [-0.4, -0.2) is 294 Å². The average molecular weight is 865 g/mol. The Morgan fingerprint density at radius 3 is 1.50 bits per heavy atom. The molecule has 0 radical (unpaired) electrons. The molecule has 0 aromatic rings. The molecule has 3 rings (SSSR count). The predicted octanol–water partition coefficient (Wildman–Crippen LogP) is -14.3. The molecule has 0 bridgehead atoms. The molecule has 28 heteroatoms. The van der Waals surface area contributed by atoms with Gasteiger partial charge in [-0.25, -0.2) is 0 Å². The van der Waals surface area contributed by atoms with Gasteiger partial charge in [0, 0.05) is 0 Å². The third-order valence-electron chi connectivity index (χ3n) is 8.97. The Bertz CT molecular complexity index is 1170. The molecule has 3 heterocycles. The van der Waals surface area contributed by atoms with Crippen LogP contribution in [0.15, 0.2) is 0 Å². The summed E-state index contributed by atoms with van der Waals surface area (Å²) in [7, 11) is 0. The van der Waals surface area contributed by atoms with Gasteiger partial charge in [-0.3, -0.25) is 4.79 Å². The molecule has 0 saturated carbocycles. The number of carbonyl (C=O) groups excluding carboxylic acids is 2. The third-order valence-corrected chi connectivity index (χ3v) is 8.97. The fraction of sp³-hybridized carbons (Fsp3) is 0.933. The largest absolute Gasteiger partial charge is 0.394 e. The minimum atomic E-state index is -2.22. The number of aldehydes is 1. The Morgan fingerprint density at radius 2 is 1.09 bits per heavy atom. The molecular formula is C30H56O28. The van der Waals surface area contributed by atoms with Gasteiger partial charge >= 0.3 is 0 Å². The monoisotopic (exact) mass is 864 g/mol. The van der Waals surface area contributed by atoms with Crippen molar-refractivity contribution in [3.8, 4) is 0 Å². The molecule has 0 aromatic heterocycles. The first kappa shape index (κ1) is 54.3. The van der Waals surface area contributed by atoms with Crippen molar-refractivity contribution in [3.63, 3.8) is 0 Å². The SMILES string of the molecule is O=C(CO)[C@@H](O)[C@H](O)[C@H](O)CO[C@H]1O[C@H](CO)[C@@H](O)[C@H](O)[C@H]1O.O=C[C@H](O)[C@@H](O)[C@H](O)[C@H](O)CO.OC[C@H]1O[C@@](CO)(O[C@H]2O[C@H](CO)[C@@H](O)[C@H](O)[C@H]2O)[C@@H](O)[C@@H]1O. The number of rotatable bonds is 18. The summed E-state index contributed by atoms with van der Waals surface area (Å²) < 4.78 is 25.4. The molecule has 3 saturated heterocycles. The van der Waals surface area contributed by atoms with Crippen LogP contribution in [0, 0.1) is 0 Å². The Morgan fingerprint density at radius 1 is 0.603 bits per heavy atom.